The third-order valence-electron chi connectivity index (χ3n) is 5.07. The van der Waals surface area contributed by atoms with E-state index in [2.05, 4.69) is 4.72 Å². The molecule has 0 saturated heterocycles. The number of hydrogen-bond acceptors (Lipinski definition) is 4. The van der Waals surface area contributed by atoms with Crippen molar-refractivity contribution < 1.29 is 17.9 Å². The molecule has 0 bridgehead atoms. The van der Waals surface area contributed by atoms with Crippen molar-refractivity contribution in [1.82, 2.24) is 0 Å². The van der Waals surface area contributed by atoms with E-state index in [0.717, 1.165) is 24.1 Å². The lowest BCUT2D eigenvalue weighted by molar-refractivity contribution is 0.0985. The van der Waals surface area contributed by atoms with Crippen LogP contribution in [0.2, 0.25) is 0 Å². The normalized spacial score (nSPS) is 13.4. The first-order valence-corrected chi connectivity index (χ1v) is 11.1. The Morgan fingerprint density at radius 1 is 1.00 bits per heavy atom. The fraction of sp³-hybridized carbons (Fsp3) is 0.174. The maximum absolute atomic E-state index is 13.0. The summed E-state index contributed by atoms with van der Waals surface area (Å²) in [6.07, 6.45) is 1.71. The van der Waals surface area contributed by atoms with Gasteiger partial charge in [0.05, 0.1) is 17.7 Å². The average molecular weight is 423 g/mol. The predicted octanol–water partition coefficient (Wildman–Crippen LogP) is 4.09. The monoisotopic (exact) mass is 422 g/mol. The second-order valence-electron chi connectivity index (χ2n) is 7.05. The molecule has 0 aliphatic carbocycles. The highest BCUT2D eigenvalue weighted by atomic mass is 32.2. The van der Waals surface area contributed by atoms with Crippen LogP contribution in [0, 0.1) is 0 Å². The lowest BCUT2D eigenvalue weighted by Gasteiger charge is -2.30. The molecule has 1 aliphatic rings. The first kappa shape index (κ1) is 20.0. The summed E-state index contributed by atoms with van der Waals surface area (Å²) in [6, 6.07) is 20.7. The van der Waals surface area contributed by atoms with Crippen LogP contribution in [0.5, 0.6) is 5.75 Å². The molecule has 0 spiro atoms. The Morgan fingerprint density at radius 2 is 1.80 bits per heavy atom. The van der Waals surface area contributed by atoms with Crippen LogP contribution >= 0.6 is 0 Å². The standard InChI is InChI=1S/C23H22N2O4S/c1-29-20-10-5-11-21(16-20)30(27,28)24-19-13-12-17-9-6-14-25(22(17)15-19)23(26)18-7-3-2-4-8-18/h2-5,7-8,10-13,15-16,24H,6,9,14H2,1H3. The van der Waals surface area contributed by atoms with Gasteiger partial charge in [0.25, 0.3) is 15.9 Å². The molecule has 3 aromatic rings. The van der Waals surface area contributed by atoms with E-state index < -0.39 is 10.0 Å². The minimum atomic E-state index is -3.80. The summed E-state index contributed by atoms with van der Waals surface area (Å²) in [7, 11) is -2.31. The number of carbonyl (C=O) groups excluding carboxylic acids is 1. The summed E-state index contributed by atoms with van der Waals surface area (Å²) in [6.45, 7) is 0.590. The van der Waals surface area contributed by atoms with Crippen molar-refractivity contribution in [3.8, 4) is 5.75 Å². The molecule has 0 radical (unpaired) electrons. The minimum Gasteiger partial charge on any atom is -0.497 e. The van der Waals surface area contributed by atoms with Gasteiger partial charge in [-0.25, -0.2) is 8.42 Å². The van der Waals surface area contributed by atoms with Crippen molar-refractivity contribution >= 4 is 27.3 Å². The fourth-order valence-corrected chi connectivity index (χ4v) is 4.65. The van der Waals surface area contributed by atoms with Gasteiger partial charge < -0.3 is 9.64 Å². The number of nitrogens with one attached hydrogen (secondary N) is 1. The number of rotatable bonds is 5. The third-order valence-corrected chi connectivity index (χ3v) is 6.45. The van der Waals surface area contributed by atoms with Gasteiger partial charge in [-0.2, -0.15) is 0 Å². The molecule has 0 fully saturated rings. The quantitative estimate of drug-likeness (QED) is 0.672. The predicted molar refractivity (Wildman–Crippen MR) is 117 cm³/mol. The van der Waals surface area contributed by atoms with E-state index in [9.17, 15) is 13.2 Å². The zero-order valence-electron chi connectivity index (χ0n) is 16.5. The Hall–Kier alpha value is -3.32. The van der Waals surface area contributed by atoms with Crippen molar-refractivity contribution in [1.29, 1.82) is 0 Å². The van der Waals surface area contributed by atoms with E-state index in [-0.39, 0.29) is 10.8 Å². The van der Waals surface area contributed by atoms with Crippen molar-refractivity contribution in [3.63, 3.8) is 0 Å². The minimum absolute atomic E-state index is 0.0932. The highest BCUT2D eigenvalue weighted by molar-refractivity contribution is 7.92. The summed E-state index contributed by atoms with van der Waals surface area (Å²) in [5.74, 6) is 0.368. The van der Waals surface area contributed by atoms with Crippen molar-refractivity contribution in [2.75, 3.05) is 23.3 Å². The number of methoxy groups -OCH3 is 1. The van der Waals surface area contributed by atoms with Gasteiger partial charge in [0.15, 0.2) is 0 Å². The van der Waals surface area contributed by atoms with E-state index >= 15 is 0 Å². The van der Waals surface area contributed by atoms with E-state index in [1.165, 1.54) is 19.2 Å². The van der Waals surface area contributed by atoms with Gasteiger partial charge in [-0.05, 0) is 54.8 Å². The first-order chi connectivity index (χ1) is 14.5. The topological polar surface area (TPSA) is 75.7 Å². The summed E-state index contributed by atoms with van der Waals surface area (Å²) in [4.78, 5) is 14.9. The van der Waals surface area contributed by atoms with Crippen LogP contribution in [0.3, 0.4) is 0 Å². The van der Waals surface area contributed by atoms with Crippen LogP contribution in [-0.4, -0.2) is 28.0 Å². The Bertz CT molecular complexity index is 1180. The van der Waals surface area contributed by atoms with Crippen molar-refractivity contribution in [3.05, 3.63) is 83.9 Å². The number of amides is 1. The Labute approximate surface area is 176 Å². The molecule has 6 nitrogen and oxygen atoms in total. The van der Waals surface area contributed by atoms with Gasteiger partial charge in [0.2, 0.25) is 0 Å². The molecule has 4 rings (SSSR count). The summed E-state index contributed by atoms with van der Waals surface area (Å²) in [5.41, 5.74) is 2.77. The Morgan fingerprint density at radius 3 is 2.57 bits per heavy atom. The molecule has 3 aromatic carbocycles. The molecule has 30 heavy (non-hydrogen) atoms. The van der Waals surface area contributed by atoms with Gasteiger partial charge in [-0.3, -0.25) is 9.52 Å². The van der Waals surface area contributed by atoms with E-state index in [1.807, 2.05) is 24.3 Å². The van der Waals surface area contributed by atoms with Crippen LogP contribution in [0.25, 0.3) is 0 Å². The number of anilines is 2. The van der Waals surface area contributed by atoms with Crippen LogP contribution < -0.4 is 14.4 Å². The molecular weight excluding hydrogens is 400 g/mol. The average Bonchev–Trinajstić information content (AvgIpc) is 2.78. The number of ether oxygens (including phenoxy) is 1. The second kappa shape index (κ2) is 8.20. The number of fused-ring (bicyclic) bond motifs is 1. The molecule has 7 heteroatoms. The molecule has 154 valence electrons. The molecule has 1 N–H and O–H groups in total. The fourth-order valence-electron chi connectivity index (χ4n) is 3.57. The molecule has 0 unspecified atom stereocenters. The second-order valence-corrected chi connectivity index (χ2v) is 8.74. The molecule has 0 saturated carbocycles. The third kappa shape index (κ3) is 4.02. The van der Waals surface area contributed by atoms with Gasteiger partial charge in [0, 0.05) is 23.9 Å². The van der Waals surface area contributed by atoms with E-state index in [0.29, 0.717) is 23.5 Å². The van der Waals surface area contributed by atoms with Gasteiger partial charge in [0.1, 0.15) is 5.75 Å². The highest BCUT2D eigenvalue weighted by Gasteiger charge is 2.24. The van der Waals surface area contributed by atoms with Gasteiger partial charge >= 0.3 is 0 Å². The molecule has 1 amide bonds. The van der Waals surface area contributed by atoms with Crippen LogP contribution in [-0.2, 0) is 16.4 Å². The molecule has 1 aliphatic heterocycles. The number of aryl methyl sites for hydroxylation is 1. The van der Waals surface area contributed by atoms with Gasteiger partial charge in [-0.15, -0.1) is 0 Å². The van der Waals surface area contributed by atoms with Crippen LogP contribution in [0.1, 0.15) is 22.3 Å². The van der Waals surface area contributed by atoms with Crippen LogP contribution in [0.15, 0.2) is 77.7 Å². The number of hydrogen-bond donors (Lipinski definition) is 1. The molecule has 1 heterocycles. The largest absolute Gasteiger partial charge is 0.497 e. The highest BCUT2D eigenvalue weighted by Crippen LogP contribution is 2.32. The smallest absolute Gasteiger partial charge is 0.262 e. The van der Waals surface area contributed by atoms with Crippen LogP contribution in [0.4, 0.5) is 11.4 Å². The molecular formula is C23H22N2O4S. The van der Waals surface area contributed by atoms with Crippen molar-refractivity contribution in [2.45, 2.75) is 17.7 Å². The lowest BCUT2D eigenvalue weighted by Crippen LogP contribution is -2.35. The Balaban J connectivity index is 1.65. The maximum Gasteiger partial charge on any atom is 0.262 e. The van der Waals surface area contributed by atoms with E-state index in [1.54, 1.807) is 41.3 Å². The maximum atomic E-state index is 13.0. The summed E-state index contributed by atoms with van der Waals surface area (Å²) in [5, 5.41) is 0. The lowest BCUT2D eigenvalue weighted by atomic mass is 10.00. The Kier molecular flexibility index (Phi) is 5.46. The molecule has 0 atom stereocenters. The number of nitrogens with zero attached hydrogens (tertiary/aromatic N) is 1. The summed E-state index contributed by atoms with van der Waals surface area (Å²) >= 11 is 0. The molecule has 0 aromatic heterocycles. The SMILES string of the molecule is COc1cccc(S(=O)(=O)Nc2ccc3c(c2)N(C(=O)c2ccccc2)CCC3)c1. The summed E-state index contributed by atoms with van der Waals surface area (Å²) < 4.78 is 33.4. The zero-order chi connectivity index (χ0) is 21.1. The number of sulfonamides is 1. The van der Waals surface area contributed by atoms with Gasteiger partial charge in [-0.1, -0.05) is 30.3 Å². The first-order valence-electron chi connectivity index (χ1n) is 9.65. The van der Waals surface area contributed by atoms with Crippen molar-refractivity contribution in [2.24, 2.45) is 0 Å². The number of carbonyl (C=O) groups is 1. The number of benzene rings is 3. The zero-order valence-corrected chi connectivity index (χ0v) is 17.4. The van der Waals surface area contributed by atoms with E-state index in [4.69, 9.17) is 4.74 Å².